The maximum Gasteiger partial charge on any atom is 0.305 e. The average molecular weight is 1020 g/mol. The fourth-order valence-electron chi connectivity index (χ4n) is 9.97. The first-order chi connectivity index (χ1) is 35.2. The number of carbonyl (C=O) groups excluding carboxylic acids is 2. The van der Waals surface area contributed by atoms with Gasteiger partial charge in [-0.2, -0.15) is 0 Å². The molecule has 6 N–H and O–H groups in total. The first kappa shape index (κ1) is 68.4. The number of amides is 1. The van der Waals surface area contributed by atoms with Crippen LogP contribution >= 0.6 is 0 Å². The molecule has 72 heavy (non-hydrogen) atoms. The van der Waals surface area contributed by atoms with Gasteiger partial charge in [-0.3, -0.25) is 9.59 Å². The van der Waals surface area contributed by atoms with Gasteiger partial charge in [0.25, 0.3) is 0 Å². The Hall–Kier alpha value is -1.60. The molecule has 0 saturated carbocycles. The zero-order chi connectivity index (χ0) is 52.4. The van der Waals surface area contributed by atoms with Gasteiger partial charge in [0, 0.05) is 12.8 Å². The molecule has 7 atom stereocenters. The molecule has 1 aliphatic heterocycles. The lowest BCUT2D eigenvalue weighted by atomic mass is 9.99. The van der Waals surface area contributed by atoms with Crippen LogP contribution in [0.5, 0.6) is 0 Å². The summed E-state index contributed by atoms with van der Waals surface area (Å²) in [4.78, 5) is 25.1. The molecule has 1 saturated heterocycles. The molecule has 0 spiro atoms. The summed E-state index contributed by atoms with van der Waals surface area (Å²) < 4.78 is 16.7. The van der Waals surface area contributed by atoms with Crippen LogP contribution < -0.4 is 5.32 Å². The number of nitrogens with one attached hydrogen (secondary N) is 1. The topological polar surface area (TPSA) is 175 Å². The molecule has 0 aromatic heterocycles. The average Bonchev–Trinajstić information content (AvgIpc) is 3.38. The minimum atomic E-state index is -1.57. The third-order valence-corrected chi connectivity index (χ3v) is 14.9. The van der Waals surface area contributed by atoms with Crippen LogP contribution in [0.1, 0.15) is 303 Å². The fourth-order valence-corrected chi connectivity index (χ4v) is 9.97. The predicted molar refractivity (Wildman–Crippen MR) is 297 cm³/mol. The van der Waals surface area contributed by atoms with Gasteiger partial charge in [0.1, 0.15) is 24.4 Å². The summed E-state index contributed by atoms with van der Waals surface area (Å²) in [5, 5.41) is 54.2. The lowest BCUT2D eigenvalue weighted by molar-refractivity contribution is -0.302. The Bertz CT molecular complexity index is 1200. The monoisotopic (exact) mass is 1020 g/mol. The summed E-state index contributed by atoms with van der Waals surface area (Å²) in [6.45, 7) is 4.33. The number of ether oxygens (including phenoxy) is 3. The van der Waals surface area contributed by atoms with E-state index < -0.39 is 49.5 Å². The Morgan fingerprint density at radius 3 is 1.29 bits per heavy atom. The van der Waals surface area contributed by atoms with Gasteiger partial charge < -0.3 is 45.1 Å². The Balaban J connectivity index is 1.98. The molecule has 1 rings (SSSR count). The van der Waals surface area contributed by atoms with E-state index in [0.717, 1.165) is 57.8 Å². The SMILES string of the molecule is CCCCCCCCC/C=C/C(O)C(COC1OC(CO)C(O)C(O)C1O)NC(=O)CCCCCCCCCCCCCCCCCCCCCCOC(=O)CCCCCCCCCCCCCCCCC. The van der Waals surface area contributed by atoms with Gasteiger partial charge in [-0.05, 0) is 32.1 Å². The highest BCUT2D eigenvalue weighted by Gasteiger charge is 2.44. The third kappa shape index (κ3) is 40.7. The molecular weight excluding hydrogens is 907 g/mol. The second kappa shape index (κ2) is 51.5. The van der Waals surface area contributed by atoms with E-state index in [1.165, 1.54) is 218 Å². The number of unbranched alkanes of at least 4 members (excludes halogenated alkanes) is 40. The molecule has 1 heterocycles. The molecule has 0 aromatic rings. The molecule has 11 heteroatoms. The first-order valence-electron chi connectivity index (χ1n) is 31.0. The second-order valence-electron chi connectivity index (χ2n) is 21.8. The van der Waals surface area contributed by atoms with Crippen LogP contribution in [0.15, 0.2) is 12.2 Å². The van der Waals surface area contributed by atoms with Crippen molar-refractivity contribution in [2.45, 2.75) is 346 Å². The molecule has 1 aliphatic rings. The Labute approximate surface area is 442 Å². The lowest BCUT2D eigenvalue weighted by Crippen LogP contribution is -2.60. The minimum absolute atomic E-state index is 0.0000393. The van der Waals surface area contributed by atoms with E-state index in [4.69, 9.17) is 14.2 Å². The van der Waals surface area contributed by atoms with Crippen molar-refractivity contribution in [3.05, 3.63) is 12.2 Å². The maximum absolute atomic E-state index is 13.0. The molecule has 1 amide bonds. The van der Waals surface area contributed by atoms with Gasteiger partial charge in [0.05, 0.1) is 32.0 Å². The summed E-state index contributed by atoms with van der Waals surface area (Å²) in [7, 11) is 0. The van der Waals surface area contributed by atoms with Crippen molar-refractivity contribution in [1.29, 1.82) is 0 Å². The number of esters is 1. The van der Waals surface area contributed by atoms with E-state index >= 15 is 0 Å². The van der Waals surface area contributed by atoms with E-state index in [9.17, 15) is 35.1 Å². The van der Waals surface area contributed by atoms with Crippen molar-refractivity contribution in [3.63, 3.8) is 0 Å². The Morgan fingerprint density at radius 1 is 0.500 bits per heavy atom. The smallest absolute Gasteiger partial charge is 0.305 e. The van der Waals surface area contributed by atoms with E-state index in [-0.39, 0.29) is 18.5 Å². The van der Waals surface area contributed by atoms with Gasteiger partial charge in [0.15, 0.2) is 6.29 Å². The molecule has 0 bridgehead atoms. The van der Waals surface area contributed by atoms with Crippen molar-refractivity contribution in [2.75, 3.05) is 19.8 Å². The summed E-state index contributed by atoms with van der Waals surface area (Å²) in [5.74, 6) is -0.184. The van der Waals surface area contributed by atoms with Gasteiger partial charge in [-0.1, -0.05) is 270 Å². The quantitative estimate of drug-likeness (QED) is 0.0195. The number of aliphatic hydroxyl groups is 5. The zero-order valence-corrected chi connectivity index (χ0v) is 46.9. The van der Waals surface area contributed by atoms with Crippen molar-refractivity contribution in [3.8, 4) is 0 Å². The number of hydrogen-bond acceptors (Lipinski definition) is 10. The predicted octanol–water partition coefficient (Wildman–Crippen LogP) is 14.3. The molecule has 0 aliphatic carbocycles. The van der Waals surface area contributed by atoms with Crippen molar-refractivity contribution in [2.24, 2.45) is 0 Å². The maximum atomic E-state index is 13.0. The van der Waals surface area contributed by atoms with Gasteiger partial charge in [0.2, 0.25) is 5.91 Å². The zero-order valence-electron chi connectivity index (χ0n) is 46.9. The largest absolute Gasteiger partial charge is 0.466 e. The summed E-state index contributed by atoms with van der Waals surface area (Å²) in [5.41, 5.74) is 0. The van der Waals surface area contributed by atoms with Gasteiger partial charge in [-0.25, -0.2) is 0 Å². The van der Waals surface area contributed by atoms with E-state index in [1.54, 1.807) is 6.08 Å². The third-order valence-electron chi connectivity index (χ3n) is 14.9. The number of aliphatic hydroxyl groups excluding tert-OH is 5. The number of carbonyl (C=O) groups is 2. The molecule has 0 aromatic carbocycles. The standard InChI is InChI=1S/C61H117NO10/c1-3-5-7-9-11-13-14-15-22-26-29-33-37-41-45-49-57(66)70-50-46-42-38-34-30-27-24-21-19-17-16-18-20-23-25-28-32-36-40-44-48-56(65)62-53(54(64)47-43-39-35-31-12-10-8-6-4-2)52-71-61-60(69)59(68)58(67)55(51-63)72-61/h43,47,53-55,58-61,63-64,67-69H,3-42,44-46,48-52H2,1-2H3,(H,62,65)/b47-43+. The highest BCUT2D eigenvalue weighted by Crippen LogP contribution is 2.23. The van der Waals surface area contributed by atoms with Crippen molar-refractivity contribution in [1.82, 2.24) is 5.32 Å². The molecule has 0 radical (unpaired) electrons. The molecular formula is C61H117NO10. The molecule has 7 unspecified atom stereocenters. The minimum Gasteiger partial charge on any atom is -0.466 e. The van der Waals surface area contributed by atoms with E-state index in [0.29, 0.717) is 19.4 Å². The number of allylic oxidation sites excluding steroid dienone is 1. The van der Waals surface area contributed by atoms with Crippen LogP contribution in [0.4, 0.5) is 0 Å². The van der Waals surface area contributed by atoms with Crippen LogP contribution in [0, 0.1) is 0 Å². The Kier molecular flexibility index (Phi) is 48.9. The van der Waals surface area contributed by atoms with E-state index in [2.05, 4.69) is 19.2 Å². The number of rotatable bonds is 54. The molecule has 11 nitrogen and oxygen atoms in total. The summed E-state index contributed by atoms with van der Waals surface area (Å²) in [6.07, 6.45) is 50.4. The second-order valence-corrected chi connectivity index (χ2v) is 21.8. The fraction of sp³-hybridized carbons (Fsp3) is 0.934. The van der Waals surface area contributed by atoms with Gasteiger partial charge in [-0.15, -0.1) is 0 Å². The Morgan fingerprint density at radius 2 is 0.875 bits per heavy atom. The van der Waals surface area contributed by atoms with Crippen molar-refractivity contribution < 1.29 is 49.3 Å². The first-order valence-corrected chi connectivity index (χ1v) is 31.0. The van der Waals surface area contributed by atoms with Crippen molar-refractivity contribution >= 4 is 11.9 Å². The van der Waals surface area contributed by atoms with Crippen LogP contribution in [0.25, 0.3) is 0 Å². The van der Waals surface area contributed by atoms with Crippen LogP contribution in [0.3, 0.4) is 0 Å². The molecule has 426 valence electrons. The normalized spacial score (nSPS) is 19.0. The summed E-state index contributed by atoms with van der Waals surface area (Å²) >= 11 is 0. The lowest BCUT2D eigenvalue weighted by Gasteiger charge is -2.40. The van der Waals surface area contributed by atoms with Crippen LogP contribution in [-0.4, -0.2) is 100 Å². The van der Waals surface area contributed by atoms with E-state index in [1.807, 2.05) is 6.08 Å². The summed E-state index contributed by atoms with van der Waals surface area (Å²) in [6, 6.07) is -0.809. The number of hydrogen-bond donors (Lipinski definition) is 6. The van der Waals surface area contributed by atoms with Crippen LogP contribution in [-0.2, 0) is 23.8 Å². The molecule has 1 fully saturated rings. The van der Waals surface area contributed by atoms with Gasteiger partial charge >= 0.3 is 5.97 Å². The highest BCUT2D eigenvalue weighted by atomic mass is 16.7. The van der Waals surface area contributed by atoms with Crippen LogP contribution in [0.2, 0.25) is 0 Å². The highest BCUT2D eigenvalue weighted by molar-refractivity contribution is 5.76.